The Morgan fingerprint density at radius 1 is 0.750 bits per heavy atom. The summed E-state index contributed by atoms with van der Waals surface area (Å²) in [6, 6.07) is 26.9. The number of para-hydroxylation sites is 3. The van der Waals surface area contributed by atoms with Gasteiger partial charge in [-0.15, -0.1) is 0 Å². The largest absolute Gasteiger partial charge is 0.354 e. The summed E-state index contributed by atoms with van der Waals surface area (Å²) in [7, 11) is -7.60. The van der Waals surface area contributed by atoms with Crippen LogP contribution < -0.4 is 5.32 Å². The molecule has 1 heterocycles. The maximum Gasteiger partial charge on any atom is 0.296 e. The Kier molecular flexibility index (Phi) is 8.56. The standard InChI is InChI=1S/C37H33N3O6S2/c1-23-11-5-8-14-29(23)38-31-19-17-26(21-34(31)47(41,42)43)37(36-25(3)40(4)33-16-10-7-13-28(33)36)27-18-20-32(35(22-27)48(44,45)46)39-30-15-9-6-12-24(30)2/h5-22,38H,1-4H3,(H,41,42,43)(H,44,45,46). The highest BCUT2D eigenvalue weighted by atomic mass is 32.2. The molecule has 9 nitrogen and oxygen atoms in total. The van der Waals surface area contributed by atoms with E-state index in [0.717, 1.165) is 33.3 Å². The highest BCUT2D eigenvalue weighted by molar-refractivity contribution is 7.91. The number of aryl methyl sites for hydroxylation is 3. The Hall–Kier alpha value is -5.07. The van der Waals surface area contributed by atoms with Gasteiger partial charge in [-0.05, 0) is 91.1 Å². The molecule has 244 valence electrons. The topological polar surface area (TPSA) is 138 Å². The van der Waals surface area contributed by atoms with Gasteiger partial charge in [-0.2, -0.15) is 16.8 Å². The van der Waals surface area contributed by atoms with Crippen molar-refractivity contribution >= 4 is 59.5 Å². The molecule has 0 unspecified atom stereocenters. The van der Waals surface area contributed by atoms with E-state index in [2.05, 4.69) is 10.3 Å². The Morgan fingerprint density at radius 3 is 2.10 bits per heavy atom. The summed E-state index contributed by atoms with van der Waals surface area (Å²) >= 11 is 0. The average Bonchev–Trinajstić information content (AvgIpc) is 3.29. The molecule has 0 saturated heterocycles. The molecule has 3 N–H and O–H groups in total. The number of fused-ring (bicyclic) bond motifs is 1. The summed E-state index contributed by atoms with van der Waals surface area (Å²) in [5.74, 6) is 0. The van der Waals surface area contributed by atoms with Crippen molar-refractivity contribution in [1.82, 2.24) is 4.57 Å². The van der Waals surface area contributed by atoms with Crippen molar-refractivity contribution in [1.29, 1.82) is 0 Å². The van der Waals surface area contributed by atoms with Crippen molar-refractivity contribution in [3.63, 3.8) is 0 Å². The zero-order chi connectivity index (χ0) is 34.4. The molecule has 0 spiro atoms. The van der Waals surface area contributed by atoms with Crippen molar-refractivity contribution in [2.24, 2.45) is 12.0 Å². The van der Waals surface area contributed by atoms with Crippen molar-refractivity contribution in [3.8, 4) is 0 Å². The number of hydrogen-bond donors (Lipinski definition) is 3. The van der Waals surface area contributed by atoms with Crippen LogP contribution in [0, 0.1) is 20.8 Å². The van der Waals surface area contributed by atoms with Crippen LogP contribution in [0.3, 0.4) is 0 Å². The van der Waals surface area contributed by atoms with Crippen LogP contribution in [0.5, 0.6) is 0 Å². The van der Waals surface area contributed by atoms with Gasteiger partial charge in [0.2, 0.25) is 0 Å². The van der Waals surface area contributed by atoms with Gasteiger partial charge in [-0.3, -0.25) is 9.11 Å². The molecular weight excluding hydrogens is 647 g/mol. The van der Waals surface area contributed by atoms with E-state index in [4.69, 9.17) is 0 Å². The van der Waals surface area contributed by atoms with Gasteiger partial charge in [0.1, 0.15) is 9.80 Å². The van der Waals surface area contributed by atoms with Crippen molar-refractivity contribution in [2.75, 3.05) is 5.32 Å². The van der Waals surface area contributed by atoms with Crippen LogP contribution in [0.1, 0.15) is 27.9 Å². The third kappa shape index (κ3) is 6.28. The van der Waals surface area contributed by atoms with E-state index in [0.29, 0.717) is 28.1 Å². The molecule has 4 aromatic carbocycles. The Bertz CT molecular complexity index is 2470. The molecule has 0 saturated carbocycles. The van der Waals surface area contributed by atoms with Crippen molar-refractivity contribution in [2.45, 2.75) is 25.7 Å². The second-order valence-corrected chi connectivity index (χ2v) is 14.4. The summed E-state index contributed by atoms with van der Waals surface area (Å²) in [4.78, 5) is 3.78. The SMILES string of the molecule is Cc1ccccc1N=C1C=CC(=C(c2ccc(Nc3ccccc3C)c(S(=O)(=O)O)c2)c2c(C)n(C)c3ccccc23)C=C1S(=O)(=O)O. The van der Waals surface area contributed by atoms with Gasteiger partial charge in [0, 0.05) is 34.9 Å². The fourth-order valence-corrected chi connectivity index (χ4v) is 7.26. The molecule has 0 fully saturated rings. The summed E-state index contributed by atoms with van der Waals surface area (Å²) in [6.45, 7) is 5.64. The van der Waals surface area contributed by atoms with E-state index < -0.39 is 25.1 Å². The van der Waals surface area contributed by atoms with Gasteiger partial charge in [-0.25, -0.2) is 4.99 Å². The number of hydrogen-bond acceptors (Lipinski definition) is 6. The number of nitrogens with one attached hydrogen (secondary N) is 1. The molecule has 0 atom stereocenters. The molecule has 1 aromatic heterocycles. The van der Waals surface area contributed by atoms with E-state index in [1.807, 2.05) is 87.0 Å². The number of rotatable bonds is 7. The summed E-state index contributed by atoms with van der Waals surface area (Å²) in [6.07, 6.45) is 4.55. The highest BCUT2D eigenvalue weighted by Crippen LogP contribution is 2.41. The Balaban J connectivity index is 1.66. The quantitative estimate of drug-likeness (QED) is 0.148. The van der Waals surface area contributed by atoms with Crippen LogP contribution in [-0.2, 0) is 27.3 Å². The first kappa shape index (κ1) is 32.9. The lowest BCUT2D eigenvalue weighted by Crippen LogP contribution is -2.14. The minimum atomic E-state index is -4.77. The third-order valence-corrected chi connectivity index (χ3v) is 10.3. The summed E-state index contributed by atoms with van der Waals surface area (Å²) in [5.41, 5.74) is 6.80. The normalized spacial score (nSPS) is 15.5. The molecule has 1 aliphatic rings. The fraction of sp³-hybridized carbons (Fsp3) is 0.108. The van der Waals surface area contributed by atoms with Crippen LogP contribution in [-0.4, -0.2) is 36.2 Å². The summed E-state index contributed by atoms with van der Waals surface area (Å²) < 4.78 is 74.3. The predicted octanol–water partition coefficient (Wildman–Crippen LogP) is 8.01. The van der Waals surface area contributed by atoms with Gasteiger partial charge in [0.05, 0.1) is 17.1 Å². The minimum absolute atomic E-state index is 0.0425. The van der Waals surface area contributed by atoms with E-state index in [1.165, 1.54) is 18.2 Å². The van der Waals surface area contributed by atoms with Gasteiger partial charge in [0.15, 0.2) is 0 Å². The van der Waals surface area contributed by atoms with Crippen LogP contribution in [0.25, 0.3) is 16.5 Å². The van der Waals surface area contributed by atoms with Crippen molar-refractivity contribution < 1.29 is 25.9 Å². The van der Waals surface area contributed by atoms with Gasteiger partial charge < -0.3 is 9.88 Å². The first-order valence-corrected chi connectivity index (χ1v) is 17.9. The second-order valence-electron chi connectivity index (χ2n) is 11.6. The molecule has 0 aliphatic heterocycles. The molecule has 5 aromatic rings. The Morgan fingerprint density at radius 2 is 1.42 bits per heavy atom. The van der Waals surface area contributed by atoms with Crippen molar-refractivity contribution in [3.05, 3.63) is 148 Å². The number of anilines is 2. The fourth-order valence-electron chi connectivity index (χ4n) is 5.93. The maximum absolute atomic E-state index is 12.9. The number of aromatic nitrogens is 1. The van der Waals surface area contributed by atoms with E-state index in [-0.39, 0.29) is 16.3 Å². The van der Waals surface area contributed by atoms with Crippen LogP contribution in [0.2, 0.25) is 0 Å². The molecule has 0 amide bonds. The smallest absolute Gasteiger partial charge is 0.296 e. The lowest BCUT2D eigenvalue weighted by atomic mass is 9.89. The number of benzene rings is 4. The first-order chi connectivity index (χ1) is 22.7. The minimum Gasteiger partial charge on any atom is -0.354 e. The molecule has 6 rings (SSSR count). The zero-order valence-corrected chi connectivity index (χ0v) is 28.3. The lowest BCUT2D eigenvalue weighted by molar-refractivity contribution is 0.483. The number of aliphatic imine (C=N–C) groups is 1. The second kappa shape index (κ2) is 12.5. The average molecular weight is 680 g/mol. The molecule has 1 aliphatic carbocycles. The van der Waals surface area contributed by atoms with Gasteiger partial charge >= 0.3 is 0 Å². The first-order valence-electron chi connectivity index (χ1n) is 15.0. The van der Waals surface area contributed by atoms with E-state index in [9.17, 15) is 25.9 Å². The monoisotopic (exact) mass is 679 g/mol. The van der Waals surface area contributed by atoms with Gasteiger partial charge in [0.25, 0.3) is 20.2 Å². The predicted molar refractivity (Wildman–Crippen MR) is 191 cm³/mol. The third-order valence-electron chi connectivity index (χ3n) is 8.50. The zero-order valence-electron chi connectivity index (χ0n) is 26.6. The van der Waals surface area contributed by atoms with E-state index in [1.54, 1.807) is 36.4 Å². The maximum atomic E-state index is 12.9. The molecule has 11 heteroatoms. The summed E-state index contributed by atoms with van der Waals surface area (Å²) in [5, 5.41) is 3.96. The molecule has 0 radical (unpaired) electrons. The van der Waals surface area contributed by atoms with Crippen LogP contribution >= 0.6 is 0 Å². The number of nitrogens with zero attached hydrogens (tertiary/aromatic N) is 2. The van der Waals surface area contributed by atoms with Crippen LogP contribution in [0.15, 0.2) is 130 Å². The van der Waals surface area contributed by atoms with Gasteiger partial charge in [-0.1, -0.05) is 66.7 Å². The van der Waals surface area contributed by atoms with E-state index >= 15 is 0 Å². The Labute approximate surface area is 279 Å². The number of allylic oxidation sites excluding steroid dienone is 5. The van der Waals surface area contributed by atoms with Crippen LogP contribution in [0.4, 0.5) is 17.1 Å². The lowest BCUT2D eigenvalue weighted by Gasteiger charge is -2.19. The molecule has 48 heavy (non-hydrogen) atoms. The molecule has 0 bridgehead atoms. The molecular formula is C37H33N3O6S2. The highest BCUT2D eigenvalue weighted by Gasteiger charge is 2.27.